The number of aryl methyl sites for hydroxylation is 1. The van der Waals surface area contributed by atoms with Crippen LogP contribution in [0.2, 0.25) is 0 Å². The standard InChI is InChI=1S/C16H15N3O2S/c1-19-10-9-17-16(19)22-11-13-7-8-14(21-13)15(20)18-12-5-3-2-4-6-12/h2-10H,11H2,1H3,(H,18,20). The Morgan fingerprint density at radius 2 is 2.09 bits per heavy atom. The molecule has 0 saturated heterocycles. The first-order valence-corrected chi connectivity index (χ1v) is 7.76. The van der Waals surface area contributed by atoms with Crippen LogP contribution in [-0.4, -0.2) is 15.5 Å². The van der Waals surface area contributed by atoms with Crippen molar-refractivity contribution in [2.45, 2.75) is 10.9 Å². The fraction of sp³-hybridized carbons (Fsp3) is 0.125. The van der Waals surface area contributed by atoms with Crippen molar-refractivity contribution in [2.75, 3.05) is 5.32 Å². The van der Waals surface area contributed by atoms with E-state index in [9.17, 15) is 4.79 Å². The van der Waals surface area contributed by atoms with E-state index in [0.717, 1.165) is 16.6 Å². The lowest BCUT2D eigenvalue weighted by Gasteiger charge is -2.02. The second-order valence-corrected chi connectivity index (χ2v) is 5.64. The molecule has 2 heterocycles. The van der Waals surface area contributed by atoms with Gasteiger partial charge in [-0.25, -0.2) is 4.98 Å². The first-order valence-electron chi connectivity index (χ1n) is 6.77. The maximum absolute atomic E-state index is 12.1. The largest absolute Gasteiger partial charge is 0.455 e. The first-order chi connectivity index (χ1) is 10.7. The first kappa shape index (κ1) is 14.5. The number of thioether (sulfide) groups is 1. The van der Waals surface area contributed by atoms with Crippen LogP contribution >= 0.6 is 11.8 Å². The number of hydrogen-bond donors (Lipinski definition) is 1. The molecule has 0 aliphatic heterocycles. The van der Waals surface area contributed by atoms with Gasteiger partial charge in [-0.1, -0.05) is 30.0 Å². The highest BCUT2D eigenvalue weighted by atomic mass is 32.2. The number of carbonyl (C=O) groups excluding carboxylic acids is 1. The predicted molar refractivity (Wildman–Crippen MR) is 85.9 cm³/mol. The normalized spacial score (nSPS) is 10.6. The molecular formula is C16H15N3O2S. The molecule has 0 unspecified atom stereocenters. The van der Waals surface area contributed by atoms with Gasteiger partial charge in [0.2, 0.25) is 0 Å². The summed E-state index contributed by atoms with van der Waals surface area (Å²) in [5.74, 6) is 1.42. The number of para-hydroxylation sites is 1. The van der Waals surface area contributed by atoms with E-state index < -0.39 is 0 Å². The lowest BCUT2D eigenvalue weighted by Crippen LogP contribution is -2.10. The van der Waals surface area contributed by atoms with E-state index in [1.807, 2.05) is 54.2 Å². The van der Waals surface area contributed by atoms with Crippen LogP contribution in [0.25, 0.3) is 0 Å². The number of furan rings is 1. The number of carbonyl (C=O) groups is 1. The van der Waals surface area contributed by atoms with E-state index in [4.69, 9.17) is 4.42 Å². The Labute approximate surface area is 132 Å². The fourth-order valence-electron chi connectivity index (χ4n) is 1.92. The van der Waals surface area contributed by atoms with Crippen molar-refractivity contribution in [3.05, 3.63) is 66.4 Å². The molecule has 6 heteroatoms. The molecule has 0 aliphatic carbocycles. The van der Waals surface area contributed by atoms with Crippen molar-refractivity contribution in [1.29, 1.82) is 0 Å². The van der Waals surface area contributed by atoms with Gasteiger partial charge in [0, 0.05) is 25.1 Å². The predicted octanol–water partition coefficient (Wildman–Crippen LogP) is 3.56. The molecule has 0 saturated carbocycles. The van der Waals surface area contributed by atoms with Crippen molar-refractivity contribution >= 4 is 23.4 Å². The molecule has 0 spiro atoms. The van der Waals surface area contributed by atoms with Crippen molar-refractivity contribution in [3.8, 4) is 0 Å². The molecule has 0 aliphatic rings. The van der Waals surface area contributed by atoms with E-state index in [1.165, 1.54) is 0 Å². The monoisotopic (exact) mass is 313 g/mol. The molecule has 3 aromatic rings. The van der Waals surface area contributed by atoms with Crippen LogP contribution < -0.4 is 5.32 Å². The quantitative estimate of drug-likeness (QED) is 0.732. The van der Waals surface area contributed by atoms with Gasteiger partial charge in [0.1, 0.15) is 5.76 Å². The molecule has 0 atom stereocenters. The lowest BCUT2D eigenvalue weighted by atomic mass is 10.3. The summed E-state index contributed by atoms with van der Waals surface area (Å²) in [5, 5.41) is 3.70. The van der Waals surface area contributed by atoms with Crippen molar-refractivity contribution in [3.63, 3.8) is 0 Å². The topological polar surface area (TPSA) is 60.1 Å². The van der Waals surface area contributed by atoms with Crippen molar-refractivity contribution < 1.29 is 9.21 Å². The Morgan fingerprint density at radius 3 is 2.82 bits per heavy atom. The van der Waals surface area contributed by atoms with Gasteiger partial charge in [-0.2, -0.15) is 0 Å². The molecule has 112 valence electrons. The summed E-state index contributed by atoms with van der Waals surface area (Å²) in [6, 6.07) is 12.8. The molecule has 2 aromatic heterocycles. The summed E-state index contributed by atoms with van der Waals surface area (Å²) in [5.41, 5.74) is 0.743. The highest BCUT2D eigenvalue weighted by Gasteiger charge is 2.12. The van der Waals surface area contributed by atoms with Crippen LogP contribution in [0, 0.1) is 0 Å². The minimum Gasteiger partial charge on any atom is -0.455 e. The Hall–Kier alpha value is -2.47. The van der Waals surface area contributed by atoms with E-state index >= 15 is 0 Å². The molecule has 0 fully saturated rings. The second kappa shape index (κ2) is 6.53. The smallest absolute Gasteiger partial charge is 0.291 e. The molecular weight excluding hydrogens is 298 g/mol. The third-order valence-corrected chi connectivity index (χ3v) is 4.12. The minimum atomic E-state index is -0.251. The van der Waals surface area contributed by atoms with Gasteiger partial charge in [0.25, 0.3) is 5.91 Å². The van der Waals surface area contributed by atoms with Gasteiger partial charge in [-0.3, -0.25) is 4.79 Å². The Kier molecular flexibility index (Phi) is 4.29. The third kappa shape index (κ3) is 3.40. The number of imidazole rings is 1. The second-order valence-electron chi connectivity index (χ2n) is 4.70. The molecule has 0 bridgehead atoms. The average Bonchev–Trinajstić information content (AvgIpc) is 3.15. The molecule has 1 aromatic carbocycles. The Bertz CT molecular complexity index is 765. The van der Waals surface area contributed by atoms with Gasteiger partial charge in [-0.15, -0.1) is 0 Å². The van der Waals surface area contributed by atoms with Crippen LogP contribution in [0.1, 0.15) is 16.3 Å². The summed E-state index contributed by atoms with van der Waals surface area (Å²) < 4.78 is 7.53. The fourth-order valence-corrected chi connectivity index (χ4v) is 2.74. The zero-order chi connectivity index (χ0) is 15.4. The maximum atomic E-state index is 12.1. The summed E-state index contributed by atoms with van der Waals surface area (Å²) in [4.78, 5) is 16.3. The van der Waals surface area contributed by atoms with Crippen LogP contribution in [0.5, 0.6) is 0 Å². The summed E-state index contributed by atoms with van der Waals surface area (Å²) >= 11 is 1.56. The highest BCUT2D eigenvalue weighted by molar-refractivity contribution is 7.98. The van der Waals surface area contributed by atoms with E-state index in [0.29, 0.717) is 11.5 Å². The maximum Gasteiger partial charge on any atom is 0.291 e. The summed E-state index contributed by atoms with van der Waals surface area (Å²) in [6.07, 6.45) is 3.65. The minimum absolute atomic E-state index is 0.251. The number of rotatable bonds is 5. The third-order valence-electron chi connectivity index (χ3n) is 3.04. The van der Waals surface area contributed by atoms with Crippen molar-refractivity contribution in [2.24, 2.45) is 7.05 Å². The highest BCUT2D eigenvalue weighted by Crippen LogP contribution is 2.22. The van der Waals surface area contributed by atoms with Crippen LogP contribution in [0.4, 0.5) is 5.69 Å². The number of nitrogens with one attached hydrogen (secondary N) is 1. The van der Waals surface area contributed by atoms with Gasteiger partial charge in [-0.05, 0) is 24.3 Å². The number of amides is 1. The number of anilines is 1. The lowest BCUT2D eigenvalue weighted by molar-refractivity contribution is 0.0995. The van der Waals surface area contributed by atoms with Gasteiger partial charge in [0.15, 0.2) is 10.9 Å². The molecule has 5 nitrogen and oxygen atoms in total. The van der Waals surface area contributed by atoms with Crippen LogP contribution in [0.3, 0.4) is 0 Å². The van der Waals surface area contributed by atoms with Crippen LogP contribution in [-0.2, 0) is 12.8 Å². The van der Waals surface area contributed by atoms with Gasteiger partial charge >= 0.3 is 0 Å². The van der Waals surface area contributed by atoms with E-state index in [2.05, 4.69) is 10.3 Å². The zero-order valence-electron chi connectivity index (χ0n) is 12.0. The average molecular weight is 313 g/mol. The SMILES string of the molecule is Cn1ccnc1SCc1ccc(C(=O)Nc2ccccc2)o1. The summed E-state index contributed by atoms with van der Waals surface area (Å²) in [7, 11) is 1.94. The molecule has 0 radical (unpaired) electrons. The molecule has 3 rings (SSSR count). The zero-order valence-corrected chi connectivity index (χ0v) is 12.8. The van der Waals surface area contributed by atoms with E-state index in [-0.39, 0.29) is 5.91 Å². The molecule has 22 heavy (non-hydrogen) atoms. The van der Waals surface area contributed by atoms with E-state index in [1.54, 1.807) is 24.0 Å². The summed E-state index contributed by atoms with van der Waals surface area (Å²) in [6.45, 7) is 0. The number of hydrogen-bond acceptors (Lipinski definition) is 4. The van der Waals surface area contributed by atoms with Crippen molar-refractivity contribution in [1.82, 2.24) is 9.55 Å². The Morgan fingerprint density at radius 1 is 1.27 bits per heavy atom. The van der Waals surface area contributed by atoms with Crippen LogP contribution in [0.15, 0.2) is 64.4 Å². The molecule has 1 amide bonds. The number of aromatic nitrogens is 2. The molecule has 1 N–H and O–H groups in total. The van der Waals surface area contributed by atoms with Gasteiger partial charge < -0.3 is 14.3 Å². The number of nitrogens with zero attached hydrogens (tertiary/aromatic N) is 2. The number of benzene rings is 1. The van der Waals surface area contributed by atoms with Gasteiger partial charge in [0.05, 0.1) is 5.75 Å². The Balaban J connectivity index is 1.61.